The van der Waals surface area contributed by atoms with E-state index in [9.17, 15) is 9.18 Å². The zero-order valence-electron chi connectivity index (χ0n) is 16.3. The lowest BCUT2D eigenvalue weighted by atomic mass is 10.2. The van der Waals surface area contributed by atoms with Gasteiger partial charge in [-0.25, -0.2) is 9.07 Å². The molecule has 0 bridgehead atoms. The highest BCUT2D eigenvalue weighted by Gasteiger charge is 2.14. The molecular formula is C20H23FN6OS. The number of anilines is 2. The number of amides is 1. The van der Waals surface area contributed by atoms with Crippen molar-refractivity contribution < 1.29 is 9.18 Å². The van der Waals surface area contributed by atoms with Crippen molar-refractivity contribution in [1.29, 1.82) is 0 Å². The van der Waals surface area contributed by atoms with E-state index in [4.69, 9.17) is 5.84 Å². The Morgan fingerprint density at radius 3 is 2.38 bits per heavy atom. The van der Waals surface area contributed by atoms with Gasteiger partial charge in [0, 0.05) is 30.0 Å². The molecule has 3 rings (SSSR count). The van der Waals surface area contributed by atoms with Crippen LogP contribution in [0, 0.1) is 5.82 Å². The van der Waals surface area contributed by atoms with E-state index < -0.39 is 0 Å². The van der Waals surface area contributed by atoms with E-state index in [2.05, 4.69) is 34.3 Å². The minimum atomic E-state index is -0.340. The molecule has 0 atom stereocenters. The molecule has 0 saturated heterocycles. The van der Waals surface area contributed by atoms with Crippen LogP contribution in [0.1, 0.15) is 13.8 Å². The van der Waals surface area contributed by atoms with Gasteiger partial charge in [-0.2, -0.15) is 0 Å². The Balaban J connectivity index is 1.58. The molecule has 0 aliphatic carbocycles. The molecule has 1 heterocycles. The van der Waals surface area contributed by atoms with Crippen LogP contribution < -0.4 is 16.1 Å². The van der Waals surface area contributed by atoms with Crippen molar-refractivity contribution in [3.63, 3.8) is 0 Å². The fraction of sp³-hybridized carbons (Fsp3) is 0.250. The van der Waals surface area contributed by atoms with Crippen molar-refractivity contribution >= 4 is 29.0 Å². The first-order chi connectivity index (χ1) is 14.0. The SMILES string of the molecule is CCN(CC)c1ccc(NC(=O)CSc2nnc(-c3ccc(F)cc3)n2N)cc1. The normalized spacial score (nSPS) is 10.7. The van der Waals surface area contributed by atoms with Gasteiger partial charge >= 0.3 is 0 Å². The van der Waals surface area contributed by atoms with Crippen molar-refractivity contribution in [1.82, 2.24) is 14.9 Å². The molecule has 3 N–H and O–H groups in total. The molecule has 0 aliphatic rings. The van der Waals surface area contributed by atoms with Gasteiger partial charge in [0.2, 0.25) is 11.1 Å². The fourth-order valence-electron chi connectivity index (χ4n) is 2.84. The second kappa shape index (κ2) is 9.42. The third-order valence-corrected chi connectivity index (χ3v) is 5.32. The number of nitrogens with one attached hydrogen (secondary N) is 1. The summed E-state index contributed by atoms with van der Waals surface area (Å²) in [5, 5.41) is 11.3. The molecule has 2 aromatic carbocycles. The molecule has 9 heteroatoms. The molecule has 0 saturated carbocycles. The van der Waals surface area contributed by atoms with E-state index >= 15 is 0 Å². The quantitative estimate of drug-likeness (QED) is 0.434. The van der Waals surface area contributed by atoms with Gasteiger partial charge in [0.05, 0.1) is 5.75 Å². The molecule has 0 aliphatic heterocycles. The van der Waals surface area contributed by atoms with Gasteiger partial charge in [-0.3, -0.25) is 4.79 Å². The summed E-state index contributed by atoms with van der Waals surface area (Å²) in [5.74, 6) is 6.05. The monoisotopic (exact) mass is 414 g/mol. The minimum Gasteiger partial charge on any atom is -0.372 e. The second-order valence-electron chi connectivity index (χ2n) is 6.24. The molecular weight excluding hydrogens is 391 g/mol. The summed E-state index contributed by atoms with van der Waals surface area (Å²) < 4.78 is 14.4. The zero-order valence-corrected chi connectivity index (χ0v) is 17.1. The number of carbonyl (C=O) groups excluding carboxylic acids is 1. The Morgan fingerprint density at radius 1 is 1.10 bits per heavy atom. The standard InChI is InChI=1S/C20H23FN6OS/c1-3-26(4-2)17-11-9-16(10-12-17)23-18(28)13-29-20-25-24-19(27(20)22)14-5-7-15(21)8-6-14/h5-12H,3-4,13,22H2,1-2H3,(H,23,28). The van der Waals surface area contributed by atoms with Crippen LogP contribution in [-0.2, 0) is 4.79 Å². The van der Waals surface area contributed by atoms with Crippen LogP contribution in [0.15, 0.2) is 53.7 Å². The highest BCUT2D eigenvalue weighted by molar-refractivity contribution is 7.99. The number of hydrogen-bond donors (Lipinski definition) is 2. The number of halogens is 1. The number of nitrogens with two attached hydrogens (primary N) is 1. The molecule has 152 valence electrons. The Kier molecular flexibility index (Phi) is 6.71. The van der Waals surface area contributed by atoms with Crippen LogP contribution in [0.4, 0.5) is 15.8 Å². The topological polar surface area (TPSA) is 89.1 Å². The van der Waals surface area contributed by atoms with Gasteiger partial charge in [-0.1, -0.05) is 11.8 Å². The van der Waals surface area contributed by atoms with Gasteiger partial charge in [0.1, 0.15) is 5.82 Å². The Bertz CT molecular complexity index is 954. The summed E-state index contributed by atoms with van der Waals surface area (Å²) in [4.78, 5) is 14.5. The summed E-state index contributed by atoms with van der Waals surface area (Å²) in [7, 11) is 0. The van der Waals surface area contributed by atoms with Crippen LogP contribution in [-0.4, -0.2) is 39.6 Å². The molecule has 0 spiro atoms. The van der Waals surface area contributed by atoms with E-state index in [1.54, 1.807) is 12.1 Å². The Hall–Kier alpha value is -3.07. The van der Waals surface area contributed by atoms with Crippen LogP contribution in [0.3, 0.4) is 0 Å². The number of hydrogen-bond acceptors (Lipinski definition) is 6. The van der Waals surface area contributed by atoms with E-state index in [1.165, 1.54) is 28.6 Å². The van der Waals surface area contributed by atoms with Gasteiger partial charge in [0.25, 0.3) is 0 Å². The smallest absolute Gasteiger partial charge is 0.234 e. The third kappa shape index (κ3) is 5.05. The van der Waals surface area contributed by atoms with Crippen LogP contribution in [0.2, 0.25) is 0 Å². The molecule has 7 nitrogen and oxygen atoms in total. The lowest BCUT2D eigenvalue weighted by Gasteiger charge is -2.21. The highest BCUT2D eigenvalue weighted by atomic mass is 32.2. The van der Waals surface area contributed by atoms with Crippen molar-refractivity contribution in [3.8, 4) is 11.4 Å². The van der Waals surface area contributed by atoms with Crippen molar-refractivity contribution in [2.75, 3.05) is 34.9 Å². The van der Waals surface area contributed by atoms with Gasteiger partial charge in [-0.15, -0.1) is 10.2 Å². The van der Waals surface area contributed by atoms with Crippen molar-refractivity contribution in [3.05, 3.63) is 54.3 Å². The Morgan fingerprint density at radius 2 is 1.76 bits per heavy atom. The summed E-state index contributed by atoms with van der Waals surface area (Å²) in [6.45, 7) is 6.07. The van der Waals surface area contributed by atoms with Crippen molar-refractivity contribution in [2.24, 2.45) is 0 Å². The number of rotatable bonds is 8. The molecule has 0 fully saturated rings. The number of thioether (sulfide) groups is 1. The van der Waals surface area contributed by atoms with Gasteiger partial charge < -0.3 is 16.1 Å². The lowest BCUT2D eigenvalue weighted by Crippen LogP contribution is -2.21. The maximum absolute atomic E-state index is 13.1. The van der Waals surface area contributed by atoms with Crippen LogP contribution in [0.5, 0.6) is 0 Å². The average Bonchev–Trinajstić information content (AvgIpc) is 3.09. The fourth-order valence-corrected chi connectivity index (χ4v) is 3.50. The number of nitrogens with zero attached hydrogens (tertiary/aromatic N) is 4. The number of carbonyl (C=O) groups is 1. The lowest BCUT2D eigenvalue weighted by molar-refractivity contribution is -0.113. The second-order valence-corrected chi connectivity index (χ2v) is 7.18. The first-order valence-electron chi connectivity index (χ1n) is 9.26. The largest absolute Gasteiger partial charge is 0.372 e. The molecule has 1 aromatic heterocycles. The predicted molar refractivity (Wildman–Crippen MR) is 115 cm³/mol. The maximum atomic E-state index is 13.1. The number of benzene rings is 2. The zero-order chi connectivity index (χ0) is 20.8. The minimum absolute atomic E-state index is 0.135. The summed E-state index contributed by atoms with van der Waals surface area (Å²) in [5.41, 5.74) is 2.49. The maximum Gasteiger partial charge on any atom is 0.234 e. The third-order valence-electron chi connectivity index (χ3n) is 4.38. The van der Waals surface area contributed by atoms with Crippen LogP contribution in [0.25, 0.3) is 11.4 Å². The molecule has 29 heavy (non-hydrogen) atoms. The average molecular weight is 415 g/mol. The number of aromatic nitrogens is 3. The van der Waals surface area contributed by atoms with Crippen molar-refractivity contribution in [2.45, 2.75) is 19.0 Å². The highest BCUT2D eigenvalue weighted by Crippen LogP contribution is 2.22. The van der Waals surface area contributed by atoms with Gasteiger partial charge in [0.15, 0.2) is 5.82 Å². The van der Waals surface area contributed by atoms with E-state index in [-0.39, 0.29) is 17.5 Å². The molecule has 0 unspecified atom stereocenters. The summed E-state index contributed by atoms with van der Waals surface area (Å²) >= 11 is 1.18. The van der Waals surface area contributed by atoms with E-state index in [0.29, 0.717) is 16.5 Å². The van der Waals surface area contributed by atoms with Gasteiger partial charge in [-0.05, 0) is 62.4 Å². The number of nitrogen functional groups attached to an aromatic ring is 1. The summed E-state index contributed by atoms with van der Waals surface area (Å²) in [6, 6.07) is 13.5. The van der Waals surface area contributed by atoms with E-state index in [1.807, 2.05) is 24.3 Å². The summed E-state index contributed by atoms with van der Waals surface area (Å²) in [6.07, 6.45) is 0. The van der Waals surface area contributed by atoms with E-state index in [0.717, 1.165) is 24.5 Å². The molecule has 3 aromatic rings. The molecule has 0 radical (unpaired) electrons. The first kappa shape index (κ1) is 20.7. The first-order valence-corrected chi connectivity index (χ1v) is 10.2. The Labute approximate surface area is 173 Å². The van der Waals surface area contributed by atoms with Crippen LogP contribution >= 0.6 is 11.8 Å². The predicted octanol–water partition coefficient (Wildman–Crippen LogP) is 3.38. The molecule has 1 amide bonds.